The largest absolute Gasteiger partial charge is 0.305 e. The summed E-state index contributed by atoms with van der Waals surface area (Å²) in [6.07, 6.45) is 0. The molecule has 58 valence electrons. The van der Waals surface area contributed by atoms with Crippen molar-refractivity contribution in [3.63, 3.8) is 0 Å². The van der Waals surface area contributed by atoms with Crippen LogP contribution in [0, 0.1) is 0 Å². The van der Waals surface area contributed by atoms with Gasteiger partial charge in [0.15, 0.2) is 0 Å². The van der Waals surface area contributed by atoms with Crippen LogP contribution in [0.2, 0.25) is 0 Å². The molecule has 3 nitrogen and oxygen atoms in total. The third-order valence-corrected chi connectivity index (χ3v) is 1.14. The standard InChI is InChI=1S/C7H14N2O/c1-6(8-3)4-9-5-7(2)10/h9H,4-5H2,1-3H3. The zero-order valence-corrected chi connectivity index (χ0v) is 6.77. The first-order valence-corrected chi connectivity index (χ1v) is 3.29. The van der Waals surface area contributed by atoms with Crippen LogP contribution in [0.3, 0.4) is 0 Å². The molecule has 0 amide bonds. The van der Waals surface area contributed by atoms with Crippen LogP contribution in [-0.2, 0) is 4.79 Å². The number of aliphatic imine (C=N–C) groups is 1. The van der Waals surface area contributed by atoms with E-state index in [4.69, 9.17) is 0 Å². The van der Waals surface area contributed by atoms with Gasteiger partial charge in [0.2, 0.25) is 0 Å². The van der Waals surface area contributed by atoms with Crippen molar-refractivity contribution >= 4 is 11.5 Å². The SMILES string of the molecule is CN=C(C)CNCC(C)=O. The van der Waals surface area contributed by atoms with Crippen LogP contribution in [-0.4, -0.2) is 31.6 Å². The van der Waals surface area contributed by atoms with Gasteiger partial charge >= 0.3 is 0 Å². The topological polar surface area (TPSA) is 41.5 Å². The van der Waals surface area contributed by atoms with E-state index >= 15 is 0 Å². The van der Waals surface area contributed by atoms with Gasteiger partial charge in [-0.1, -0.05) is 0 Å². The number of nitrogens with one attached hydrogen (secondary N) is 1. The molecule has 0 aliphatic rings. The Kier molecular flexibility index (Phi) is 4.76. The van der Waals surface area contributed by atoms with E-state index in [1.165, 1.54) is 0 Å². The highest BCUT2D eigenvalue weighted by atomic mass is 16.1. The predicted octanol–water partition coefficient (Wildman–Crippen LogP) is 0.256. The second kappa shape index (κ2) is 5.11. The molecule has 0 bridgehead atoms. The number of carbonyl (C=O) groups is 1. The Bertz CT molecular complexity index is 141. The molecule has 0 fully saturated rings. The summed E-state index contributed by atoms with van der Waals surface area (Å²) < 4.78 is 0. The van der Waals surface area contributed by atoms with Gasteiger partial charge in [-0.15, -0.1) is 0 Å². The first-order valence-electron chi connectivity index (χ1n) is 3.29. The Balaban J connectivity index is 3.29. The second-order valence-corrected chi connectivity index (χ2v) is 2.26. The molecule has 0 aliphatic heterocycles. The van der Waals surface area contributed by atoms with Crippen molar-refractivity contribution < 1.29 is 4.79 Å². The molecule has 0 aromatic heterocycles. The molecular weight excluding hydrogens is 128 g/mol. The number of hydrogen-bond donors (Lipinski definition) is 1. The first kappa shape index (κ1) is 9.30. The van der Waals surface area contributed by atoms with Gasteiger partial charge in [0, 0.05) is 19.3 Å². The summed E-state index contributed by atoms with van der Waals surface area (Å²) in [7, 11) is 1.74. The monoisotopic (exact) mass is 142 g/mol. The third kappa shape index (κ3) is 5.44. The summed E-state index contributed by atoms with van der Waals surface area (Å²) in [5.41, 5.74) is 1.02. The summed E-state index contributed by atoms with van der Waals surface area (Å²) in [6.45, 7) is 4.63. The van der Waals surface area contributed by atoms with Crippen molar-refractivity contribution in [2.75, 3.05) is 20.1 Å². The maximum absolute atomic E-state index is 10.4. The molecule has 3 heteroatoms. The van der Waals surface area contributed by atoms with Crippen LogP contribution in [0.4, 0.5) is 0 Å². The lowest BCUT2D eigenvalue weighted by atomic mass is 10.4. The van der Waals surface area contributed by atoms with Crippen molar-refractivity contribution in [1.29, 1.82) is 0 Å². The lowest BCUT2D eigenvalue weighted by Gasteiger charge is -1.99. The highest BCUT2D eigenvalue weighted by Gasteiger charge is 1.91. The maximum atomic E-state index is 10.4. The lowest BCUT2D eigenvalue weighted by molar-refractivity contribution is -0.116. The van der Waals surface area contributed by atoms with E-state index in [9.17, 15) is 4.79 Å². The van der Waals surface area contributed by atoms with Crippen molar-refractivity contribution in [1.82, 2.24) is 5.32 Å². The van der Waals surface area contributed by atoms with Gasteiger partial charge in [-0.3, -0.25) is 9.79 Å². The molecular formula is C7H14N2O. The average Bonchev–Trinajstić information content (AvgIpc) is 1.87. The lowest BCUT2D eigenvalue weighted by Crippen LogP contribution is -2.26. The zero-order valence-electron chi connectivity index (χ0n) is 6.77. The molecule has 0 aromatic rings. The number of rotatable bonds is 4. The number of carbonyl (C=O) groups excluding carboxylic acids is 1. The Morgan fingerprint density at radius 3 is 2.40 bits per heavy atom. The second-order valence-electron chi connectivity index (χ2n) is 2.26. The summed E-state index contributed by atoms with van der Waals surface area (Å²) >= 11 is 0. The summed E-state index contributed by atoms with van der Waals surface area (Å²) in [4.78, 5) is 14.3. The molecule has 0 heterocycles. The van der Waals surface area contributed by atoms with Gasteiger partial charge in [0.05, 0.1) is 6.54 Å². The van der Waals surface area contributed by atoms with Crippen molar-refractivity contribution in [2.24, 2.45) is 4.99 Å². The van der Waals surface area contributed by atoms with E-state index in [0.717, 1.165) is 5.71 Å². The number of ketones is 1. The van der Waals surface area contributed by atoms with Gasteiger partial charge in [0.25, 0.3) is 0 Å². The number of hydrogen-bond acceptors (Lipinski definition) is 3. The fraction of sp³-hybridized carbons (Fsp3) is 0.714. The van der Waals surface area contributed by atoms with Crippen LogP contribution < -0.4 is 5.32 Å². The van der Waals surface area contributed by atoms with Gasteiger partial charge in [-0.2, -0.15) is 0 Å². The minimum Gasteiger partial charge on any atom is -0.305 e. The fourth-order valence-electron chi connectivity index (χ4n) is 0.498. The molecule has 0 atom stereocenters. The van der Waals surface area contributed by atoms with Gasteiger partial charge < -0.3 is 5.32 Å². The number of Topliss-reactive ketones (excluding diaryl/α,β-unsaturated/α-hetero) is 1. The minimum atomic E-state index is 0.156. The third-order valence-electron chi connectivity index (χ3n) is 1.14. The molecule has 0 spiro atoms. The van der Waals surface area contributed by atoms with Crippen LogP contribution in [0.1, 0.15) is 13.8 Å². The molecule has 0 radical (unpaired) electrons. The van der Waals surface area contributed by atoms with E-state index < -0.39 is 0 Å². The van der Waals surface area contributed by atoms with Crippen molar-refractivity contribution in [3.05, 3.63) is 0 Å². The summed E-state index contributed by atoms with van der Waals surface area (Å²) in [5, 5.41) is 2.96. The summed E-state index contributed by atoms with van der Waals surface area (Å²) in [5.74, 6) is 0.156. The predicted molar refractivity (Wildman–Crippen MR) is 42.6 cm³/mol. The molecule has 0 saturated carbocycles. The van der Waals surface area contributed by atoms with Crippen molar-refractivity contribution in [3.8, 4) is 0 Å². The molecule has 10 heavy (non-hydrogen) atoms. The van der Waals surface area contributed by atoms with Crippen LogP contribution >= 0.6 is 0 Å². The Morgan fingerprint density at radius 2 is 2.00 bits per heavy atom. The van der Waals surface area contributed by atoms with Gasteiger partial charge in [0.1, 0.15) is 5.78 Å². The van der Waals surface area contributed by atoms with Crippen LogP contribution in [0.25, 0.3) is 0 Å². The Labute approximate surface area is 61.5 Å². The highest BCUT2D eigenvalue weighted by molar-refractivity contribution is 5.84. The van der Waals surface area contributed by atoms with Crippen molar-refractivity contribution in [2.45, 2.75) is 13.8 Å². The molecule has 1 N–H and O–H groups in total. The quantitative estimate of drug-likeness (QED) is 0.572. The highest BCUT2D eigenvalue weighted by Crippen LogP contribution is 1.71. The van der Waals surface area contributed by atoms with Crippen LogP contribution in [0.15, 0.2) is 4.99 Å². The molecule has 0 aromatic carbocycles. The normalized spacial score (nSPS) is 11.7. The smallest absolute Gasteiger partial charge is 0.143 e. The zero-order chi connectivity index (χ0) is 7.98. The molecule has 0 unspecified atom stereocenters. The maximum Gasteiger partial charge on any atom is 0.143 e. The molecule has 0 saturated heterocycles. The van der Waals surface area contributed by atoms with E-state index in [2.05, 4.69) is 10.3 Å². The first-order chi connectivity index (χ1) is 4.66. The summed E-state index contributed by atoms with van der Waals surface area (Å²) in [6, 6.07) is 0. The van der Waals surface area contributed by atoms with E-state index in [1.807, 2.05) is 6.92 Å². The Morgan fingerprint density at radius 1 is 1.40 bits per heavy atom. The molecule has 0 aliphatic carbocycles. The van der Waals surface area contributed by atoms with E-state index in [1.54, 1.807) is 14.0 Å². The minimum absolute atomic E-state index is 0.156. The average molecular weight is 142 g/mol. The van der Waals surface area contributed by atoms with E-state index in [0.29, 0.717) is 13.1 Å². The van der Waals surface area contributed by atoms with Crippen LogP contribution in [0.5, 0.6) is 0 Å². The fourth-order valence-corrected chi connectivity index (χ4v) is 0.498. The van der Waals surface area contributed by atoms with E-state index in [-0.39, 0.29) is 5.78 Å². The number of nitrogens with zero attached hydrogens (tertiary/aromatic N) is 1. The molecule has 0 rings (SSSR count). The van der Waals surface area contributed by atoms with Gasteiger partial charge in [-0.05, 0) is 13.8 Å². The Hall–Kier alpha value is -0.700. The van der Waals surface area contributed by atoms with Gasteiger partial charge in [-0.25, -0.2) is 0 Å².